The summed E-state index contributed by atoms with van der Waals surface area (Å²) in [7, 11) is 1.69. The number of nitrogens with zero attached hydrogens (tertiary/aromatic N) is 3. The molecule has 0 amide bonds. The Morgan fingerprint density at radius 3 is 2.58 bits per heavy atom. The van der Waals surface area contributed by atoms with Crippen molar-refractivity contribution in [1.29, 1.82) is 0 Å². The van der Waals surface area contributed by atoms with E-state index in [2.05, 4.69) is 9.97 Å². The van der Waals surface area contributed by atoms with Gasteiger partial charge in [-0.15, -0.1) is 0 Å². The monoisotopic (exact) mass is 389 g/mol. The third kappa shape index (κ3) is 3.47. The van der Waals surface area contributed by atoms with E-state index >= 15 is 0 Å². The van der Waals surface area contributed by atoms with Crippen LogP contribution >= 0.6 is 23.2 Å². The van der Waals surface area contributed by atoms with E-state index < -0.39 is 11.4 Å². The molecule has 0 atom stereocenters. The van der Waals surface area contributed by atoms with Crippen molar-refractivity contribution in [2.24, 2.45) is 7.05 Å². The Morgan fingerprint density at radius 2 is 1.96 bits per heavy atom. The molecule has 0 saturated carbocycles. The van der Waals surface area contributed by atoms with E-state index in [0.29, 0.717) is 28.4 Å². The van der Waals surface area contributed by atoms with Crippen LogP contribution in [0.3, 0.4) is 0 Å². The van der Waals surface area contributed by atoms with Crippen molar-refractivity contribution in [3.8, 4) is 11.3 Å². The van der Waals surface area contributed by atoms with Crippen LogP contribution < -0.4 is 5.43 Å². The van der Waals surface area contributed by atoms with Gasteiger partial charge >= 0.3 is 5.97 Å². The maximum absolute atomic E-state index is 12.5. The smallest absolute Gasteiger partial charge is 0.341 e. The van der Waals surface area contributed by atoms with Crippen molar-refractivity contribution in [3.63, 3.8) is 0 Å². The first-order valence-corrected chi connectivity index (χ1v) is 8.30. The molecule has 2 aromatic heterocycles. The SMILES string of the molecule is Cn1c(Cc2cnccn2)cc(=O)c(C(=O)O)c1-c1ccc(Cl)c(Cl)c1. The topological polar surface area (TPSA) is 85.1 Å². The quantitative estimate of drug-likeness (QED) is 0.738. The average Bonchev–Trinajstić information content (AvgIpc) is 2.60. The molecule has 6 nitrogen and oxygen atoms in total. The standard InChI is InChI=1S/C18H13Cl2N3O3/c1-23-12(7-11-9-21-4-5-22-11)8-15(24)16(18(25)26)17(23)10-2-3-13(19)14(20)6-10/h2-6,8-9H,7H2,1H3,(H,25,26). The molecule has 0 saturated heterocycles. The maximum atomic E-state index is 12.5. The second-order valence-corrected chi connectivity index (χ2v) is 6.40. The molecule has 0 unspecified atom stereocenters. The highest BCUT2D eigenvalue weighted by Gasteiger charge is 2.21. The van der Waals surface area contributed by atoms with Crippen molar-refractivity contribution in [1.82, 2.24) is 14.5 Å². The van der Waals surface area contributed by atoms with Crippen LogP contribution in [0.1, 0.15) is 21.7 Å². The Hall–Kier alpha value is -2.70. The lowest BCUT2D eigenvalue weighted by molar-refractivity contribution is 0.0695. The van der Waals surface area contributed by atoms with Gasteiger partial charge in [-0.2, -0.15) is 0 Å². The van der Waals surface area contributed by atoms with Gasteiger partial charge in [0.2, 0.25) is 0 Å². The number of halogens is 2. The normalized spacial score (nSPS) is 10.7. The summed E-state index contributed by atoms with van der Waals surface area (Å²) < 4.78 is 1.65. The molecule has 132 valence electrons. The molecular weight excluding hydrogens is 377 g/mol. The summed E-state index contributed by atoms with van der Waals surface area (Å²) >= 11 is 12.0. The van der Waals surface area contributed by atoms with Gasteiger partial charge in [0.25, 0.3) is 0 Å². The van der Waals surface area contributed by atoms with Crippen LogP contribution in [0.2, 0.25) is 10.0 Å². The lowest BCUT2D eigenvalue weighted by Crippen LogP contribution is -2.22. The minimum absolute atomic E-state index is 0.252. The number of hydrogen-bond donors (Lipinski definition) is 1. The van der Waals surface area contributed by atoms with Crippen molar-refractivity contribution in [2.75, 3.05) is 0 Å². The molecule has 1 aromatic carbocycles. The highest BCUT2D eigenvalue weighted by Crippen LogP contribution is 2.30. The zero-order chi connectivity index (χ0) is 18.8. The summed E-state index contributed by atoms with van der Waals surface area (Å²) in [5.74, 6) is -1.31. The van der Waals surface area contributed by atoms with Gasteiger partial charge in [-0.25, -0.2) is 4.79 Å². The third-order valence-corrected chi connectivity index (χ3v) is 4.67. The van der Waals surface area contributed by atoms with E-state index in [1.165, 1.54) is 12.1 Å². The molecule has 0 bridgehead atoms. The van der Waals surface area contributed by atoms with Crippen LogP contribution in [0.4, 0.5) is 0 Å². The van der Waals surface area contributed by atoms with E-state index in [1.807, 2.05) is 0 Å². The Balaban J connectivity index is 2.24. The predicted octanol–water partition coefficient (Wildman–Crippen LogP) is 3.44. The molecule has 3 rings (SSSR count). The molecule has 1 N–H and O–H groups in total. The Labute approximate surface area is 158 Å². The number of carboxylic acid groups (broad SMARTS) is 1. The summed E-state index contributed by atoms with van der Waals surface area (Å²) in [4.78, 5) is 32.4. The Kier molecular flexibility index (Phi) is 5.06. The number of pyridine rings is 1. The minimum Gasteiger partial charge on any atom is -0.477 e. The average molecular weight is 390 g/mol. The molecule has 0 aliphatic rings. The number of benzene rings is 1. The summed E-state index contributed by atoms with van der Waals surface area (Å²) in [6, 6.07) is 6.03. The molecule has 0 spiro atoms. The first-order chi connectivity index (χ1) is 12.4. The predicted molar refractivity (Wildman–Crippen MR) is 98.9 cm³/mol. The number of carboxylic acids is 1. The van der Waals surface area contributed by atoms with E-state index in [0.717, 1.165) is 0 Å². The largest absolute Gasteiger partial charge is 0.477 e. The van der Waals surface area contributed by atoms with Crippen LogP contribution in [0.25, 0.3) is 11.3 Å². The van der Waals surface area contributed by atoms with Gasteiger partial charge in [0.05, 0.1) is 21.4 Å². The molecule has 0 radical (unpaired) electrons. The Morgan fingerprint density at radius 1 is 1.19 bits per heavy atom. The summed E-state index contributed by atoms with van der Waals surface area (Å²) in [6.45, 7) is 0. The first kappa shape index (κ1) is 18.1. The maximum Gasteiger partial charge on any atom is 0.341 e. The minimum atomic E-state index is -1.31. The number of carbonyl (C=O) groups is 1. The summed E-state index contributed by atoms with van der Waals surface area (Å²) in [5.41, 5.74) is 1.08. The number of hydrogen-bond acceptors (Lipinski definition) is 4. The lowest BCUT2D eigenvalue weighted by atomic mass is 10.0. The Bertz CT molecular complexity index is 1050. The van der Waals surface area contributed by atoms with Gasteiger partial charge in [0.15, 0.2) is 5.43 Å². The van der Waals surface area contributed by atoms with Gasteiger partial charge in [0.1, 0.15) is 5.56 Å². The van der Waals surface area contributed by atoms with E-state index in [9.17, 15) is 14.7 Å². The first-order valence-electron chi connectivity index (χ1n) is 7.55. The summed E-state index contributed by atoms with van der Waals surface area (Å²) in [5, 5.41) is 10.2. The highest BCUT2D eigenvalue weighted by atomic mass is 35.5. The van der Waals surface area contributed by atoms with Gasteiger partial charge in [-0.1, -0.05) is 29.3 Å². The molecule has 0 aliphatic carbocycles. The van der Waals surface area contributed by atoms with Gasteiger partial charge < -0.3 is 9.67 Å². The van der Waals surface area contributed by atoms with Gasteiger partial charge in [-0.05, 0) is 12.1 Å². The van der Waals surface area contributed by atoms with Crippen LogP contribution in [0.5, 0.6) is 0 Å². The van der Waals surface area contributed by atoms with Crippen molar-refractivity contribution in [2.45, 2.75) is 6.42 Å². The molecule has 0 fully saturated rings. The second-order valence-electron chi connectivity index (χ2n) is 5.59. The molecule has 26 heavy (non-hydrogen) atoms. The van der Waals surface area contributed by atoms with Crippen LogP contribution in [0.15, 0.2) is 47.7 Å². The van der Waals surface area contributed by atoms with Crippen molar-refractivity contribution in [3.05, 3.63) is 80.1 Å². The number of rotatable bonds is 4. The third-order valence-electron chi connectivity index (χ3n) is 3.93. The zero-order valence-electron chi connectivity index (χ0n) is 13.6. The van der Waals surface area contributed by atoms with Crippen LogP contribution in [-0.4, -0.2) is 25.6 Å². The van der Waals surface area contributed by atoms with Gasteiger partial charge in [-0.3, -0.25) is 14.8 Å². The van der Waals surface area contributed by atoms with E-state index in [1.54, 1.807) is 42.3 Å². The van der Waals surface area contributed by atoms with Crippen molar-refractivity contribution < 1.29 is 9.90 Å². The molecule has 0 aliphatic heterocycles. The molecule has 8 heteroatoms. The second kappa shape index (κ2) is 7.27. The van der Waals surface area contributed by atoms with Crippen LogP contribution in [0, 0.1) is 0 Å². The van der Waals surface area contributed by atoms with E-state index in [-0.39, 0.29) is 16.3 Å². The van der Waals surface area contributed by atoms with Crippen LogP contribution in [-0.2, 0) is 13.5 Å². The number of aromatic carboxylic acids is 1. The van der Waals surface area contributed by atoms with Crippen molar-refractivity contribution >= 4 is 29.2 Å². The fourth-order valence-corrected chi connectivity index (χ4v) is 3.01. The fourth-order valence-electron chi connectivity index (χ4n) is 2.71. The van der Waals surface area contributed by atoms with E-state index in [4.69, 9.17) is 23.2 Å². The highest BCUT2D eigenvalue weighted by molar-refractivity contribution is 6.42. The number of aromatic nitrogens is 3. The summed E-state index contributed by atoms with van der Waals surface area (Å²) in [6.07, 6.45) is 5.03. The fraction of sp³-hybridized carbons (Fsp3) is 0.111. The lowest BCUT2D eigenvalue weighted by Gasteiger charge is -2.17. The molecule has 2 heterocycles. The zero-order valence-corrected chi connectivity index (χ0v) is 15.1. The molecular formula is C18H13Cl2N3O3. The molecule has 3 aromatic rings. The van der Waals surface area contributed by atoms with Gasteiger partial charge in [0, 0.05) is 49.4 Å².